The third-order valence-electron chi connectivity index (χ3n) is 4.67. The topological polar surface area (TPSA) is 120 Å². The van der Waals surface area contributed by atoms with Gasteiger partial charge in [-0.05, 0) is 29.7 Å². The van der Waals surface area contributed by atoms with E-state index in [4.69, 9.17) is 14.2 Å². The Kier molecular flexibility index (Phi) is 7.93. The number of rotatable bonds is 9. The van der Waals surface area contributed by atoms with Gasteiger partial charge in [0, 0.05) is 12.8 Å². The fourth-order valence-corrected chi connectivity index (χ4v) is 3.68. The number of benzene rings is 2. The molecule has 3 rings (SSSR count). The number of carbonyl (C=O) groups is 2. The number of hydrogen-bond acceptors (Lipinski definition) is 7. The summed E-state index contributed by atoms with van der Waals surface area (Å²) in [5.74, 6) is 0.466. The van der Waals surface area contributed by atoms with Crippen molar-refractivity contribution < 1.29 is 32.2 Å². The van der Waals surface area contributed by atoms with Gasteiger partial charge in [0.1, 0.15) is 35.7 Å². The third kappa shape index (κ3) is 7.45. The molecule has 0 saturated carbocycles. The van der Waals surface area contributed by atoms with Crippen LogP contribution in [0.5, 0.6) is 11.5 Å². The molecule has 0 saturated heterocycles. The Morgan fingerprint density at radius 2 is 1.75 bits per heavy atom. The van der Waals surface area contributed by atoms with E-state index in [0.717, 1.165) is 17.4 Å². The monoisotopic (exact) mass is 462 g/mol. The average Bonchev–Trinajstić information content (AvgIpc) is 2.78. The molecule has 0 fully saturated rings. The van der Waals surface area contributed by atoms with Gasteiger partial charge >= 0.3 is 6.09 Å². The highest BCUT2D eigenvalue weighted by Crippen LogP contribution is 2.30. The molecule has 32 heavy (non-hydrogen) atoms. The van der Waals surface area contributed by atoms with E-state index in [1.807, 2.05) is 18.2 Å². The molecule has 2 amide bonds. The van der Waals surface area contributed by atoms with Crippen LogP contribution in [0.3, 0.4) is 0 Å². The molecule has 2 aromatic carbocycles. The van der Waals surface area contributed by atoms with Crippen LogP contribution in [0.15, 0.2) is 48.5 Å². The second-order valence-corrected chi connectivity index (χ2v) is 9.63. The van der Waals surface area contributed by atoms with Gasteiger partial charge in [-0.25, -0.2) is 13.2 Å². The van der Waals surface area contributed by atoms with Gasteiger partial charge in [-0.2, -0.15) is 0 Å². The molecule has 1 aliphatic rings. The van der Waals surface area contributed by atoms with Gasteiger partial charge in [0.2, 0.25) is 5.91 Å². The lowest BCUT2D eigenvalue weighted by atomic mass is 10.1. The van der Waals surface area contributed by atoms with Crippen molar-refractivity contribution in [1.29, 1.82) is 0 Å². The van der Waals surface area contributed by atoms with Crippen molar-refractivity contribution in [2.45, 2.75) is 25.6 Å². The average molecular weight is 463 g/mol. The normalized spacial score (nSPS) is 13.7. The van der Waals surface area contributed by atoms with Crippen LogP contribution in [0.4, 0.5) is 4.79 Å². The summed E-state index contributed by atoms with van der Waals surface area (Å²) in [5, 5.41) is 5.18. The summed E-state index contributed by atoms with van der Waals surface area (Å²) in [5.41, 5.74) is 1.56. The molecular weight excluding hydrogens is 436 g/mol. The van der Waals surface area contributed by atoms with Gasteiger partial charge in [0.05, 0.1) is 5.75 Å². The zero-order valence-corrected chi connectivity index (χ0v) is 18.5. The zero-order chi connectivity index (χ0) is 23.0. The SMILES string of the molecule is CS(=O)(=O)CCC(NC(=O)OCc1ccccc1)C(=O)NCc1ccc2c(c1)OCCO2. The summed E-state index contributed by atoms with van der Waals surface area (Å²) >= 11 is 0. The number of sulfone groups is 1. The van der Waals surface area contributed by atoms with Crippen molar-refractivity contribution in [3.8, 4) is 11.5 Å². The van der Waals surface area contributed by atoms with Gasteiger partial charge < -0.3 is 24.8 Å². The predicted octanol–water partition coefficient (Wildman–Crippen LogP) is 1.80. The summed E-state index contributed by atoms with van der Waals surface area (Å²) in [6.07, 6.45) is 0.193. The Morgan fingerprint density at radius 1 is 1.03 bits per heavy atom. The summed E-state index contributed by atoms with van der Waals surface area (Å²) in [4.78, 5) is 24.9. The molecule has 1 atom stereocenters. The smallest absolute Gasteiger partial charge is 0.408 e. The van der Waals surface area contributed by atoms with E-state index in [9.17, 15) is 18.0 Å². The third-order valence-corrected chi connectivity index (χ3v) is 5.65. The number of hydrogen-bond donors (Lipinski definition) is 2. The van der Waals surface area contributed by atoms with Crippen LogP contribution in [0.2, 0.25) is 0 Å². The number of nitrogens with one attached hydrogen (secondary N) is 2. The number of carbonyl (C=O) groups excluding carboxylic acids is 2. The van der Waals surface area contributed by atoms with Gasteiger partial charge in [-0.15, -0.1) is 0 Å². The first kappa shape index (κ1) is 23.4. The fraction of sp³-hybridized carbons (Fsp3) is 0.364. The Labute approximate surface area is 187 Å². The van der Waals surface area contributed by atoms with E-state index >= 15 is 0 Å². The Hall–Kier alpha value is -3.27. The highest BCUT2D eigenvalue weighted by atomic mass is 32.2. The molecule has 9 nitrogen and oxygen atoms in total. The molecule has 2 aromatic rings. The Morgan fingerprint density at radius 3 is 2.47 bits per heavy atom. The number of amides is 2. The predicted molar refractivity (Wildman–Crippen MR) is 117 cm³/mol. The highest BCUT2D eigenvalue weighted by Gasteiger charge is 2.23. The van der Waals surface area contributed by atoms with E-state index in [1.54, 1.807) is 30.3 Å². The van der Waals surface area contributed by atoms with E-state index in [1.165, 1.54) is 0 Å². The van der Waals surface area contributed by atoms with Crippen molar-refractivity contribution in [1.82, 2.24) is 10.6 Å². The molecule has 172 valence electrons. The van der Waals surface area contributed by atoms with Crippen LogP contribution in [-0.2, 0) is 32.5 Å². The lowest BCUT2D eigenvalue weighted by Crippen LogP contribution is -2.47. The van der Waals surface area contributed by atoms with Crippen LogP contribution in [-0.4, -0.2) is 51.7 Å². The van der Waals surface area contributed by atoms with Crippen molar-refractivity contribution in [3.05, 3.63) is 59.7 Å². The molecule has 1 heterocycles. The van der Waals surface area contributed by atoms with Crippen molar-refractivity contribution in [3.63, 3.8) is 0 Å². The first-order chi connectivity index (χ1) is 15.3. The number of alkyl carbamates (subject to hydrolysis) is 1. The highest BCUT2D eigenvalue weighted by molar-refractivity contribution is 7.90. The van der Waals surface area contributed by atoms with Crippen LogP contribution in [0.25, 0.3) is 0 Å². The van der Waals surface area contributed by atoms with Crippen LogP contribution >= 0.6 is 0 Å². The van der Waals surface area contributed by atoms with E-state index < -0.39 is 27.9 Å². The summed E-state index contributed by atoms with van der Waals surface area (Å²) in [6.45, 7) is 1.14. The molecular formula is C22H26N2O7S. The summed E-state index contributed by atoms with van der Waals surface area (Å²) in [7, 11) is -3.32. The van der Waals surface area contributed by atoms with Gasteiger partial charge in [-0.1, -0.05) is 36.4 Å². The quantitative estimate of drug-likeness (QED) is 0.583. The number of ether oxygens (including phenoxy) is 3. The molecule has 0 aliphatic carbocycles. The van der Waals surface area contributed by atoms with Crippen molar-refractivity contribution in [2.75, 3.05) is 25.2 Å². The first-order valence-electron chi connectivity index (χ1n) is 10.1. The van der Waals surface area contributed by atoms with E-state index in [0.29, 0.717) is 24.7 Å². The van der Waals surface area contributed by atoms with E-state index in [-0.39, 0.29) is 25.3 Å². The maximum atomic E-state index is 12.7. The standard InChI is InChI=1S/C22H26N2O7S/c1-32(27,28)12-9-18(24-22(26)31-15-16-5-3-2-4-6-16)21(25)23-14-17-7-8-19-20(13-17)30-11-10-29-19/h2-8,13,18H,9-12,14-15H2,1H3,(H,23,25)(H,24,26). The van der Waals surface area contributed by atoms with Crippen LogP contribution in [0.1, 0.15) is 17.5 Å². The van der Waals surface area contributed by atoms with Crippen molar-refractivity contribution in [2.24, 2.45) is 0 Å². The Bertz CT molecular complexity index is 1040. The lowest BCUT2D eigenvalue weighted by molar-refractivity contribution is -0.123. The molecule has 0 bridgehead atoms. The summed E-state index contributed by atoms with van der Waals surface area (Å²) < 4.78 is 39.3. The Balaban J connectivity index is 1.57. The molecule has 0 aromatic heterocycles. The summed E-state index contributed by atoms with van der Waals surface area (Å²) in [6, 6.07) is 13.3. The van der Waals surface area contributed by atoms with Crippen molar-refractivity contribution >= 4 is 21.8 Å². The largest absolute Gasteiger partial charge is 0.486 e. The number of fused-ring (bicyclic) bond motifs is 1. The minimum atomic E-state index is -3.32. The van der Waals surface area contributed by atoms with Crippen LogP contribution < -0.4 is 20.1 Å². The maximum absolute atomic E-state index is 12.7. The molecule has 0 radical (unpaired) electrons. The minimum Gasteiger partial charge on any atom is -0.486 e. The van der Waals surface area contributed by atoms with Gasteiger partial charge in [0.25, 0.3) is 0 Å². The van der Waals surface area contributed by atoms with Crippen LogP contribution in [0, 0.1) is 0 Å². The molecule has 10 heteroatoms. The maximum Gasteiger partial charge on any atom is 0.408 e. The molecule has 1 unspecified atom stereocenters. The van der Waals surface area contributed by atoms with Gasteiger partial charge in [0.15, 0.2) is 11.5 Å². The van der Waals surface area contributed by atoms with Gasteiger partial charge in [-0.3, -0.25) is 4.79 Å². The molecule has 0 spiro atoms. The second-order valence-electron chi connectivity index (χ2n) is 7.37. The fourth-order valence-electron chi connectivity index (χ4n) is 3.02. The second kappa shape index (κ2) is 10.9. The zero-order valence-electron chi connectivity index (χ0n) is 17.7. The van der Waals surface area contributed by atoms with E-state index in [2.05, 4.69) is 10.6 Å². The lowest BCUT2D eigenvalue weighted by Gasteiger charge is -2.20. The minimum absolute atomic E-state index is 0.0320. The first-order valence-corrected chi connectivity index (χ1v) is 12.2. The molecule has 2 N–H and O–H groups in total. The molecule has 1 aliphatic heterocycles.